The Kier molecular flexibility index (Phi) is 4.68. The van der Waals surface area contributed by atoms with Crippen LogP contribution < -0.4 is 0 Å². The lowest BCUT2D eigenvalue weighted by molar-refractivity contribution is 0.195. The van der Waals surface area contributed by atoms with E-state index in [1.54, 1.807) is 0 Å². The van der Waals surface area contributed by atoms with E-state index in [2.05, 4.69) is 31.2 Å². The summed E-state index contributed by atoms with van der Waals surface area (Å²) in [5.41, 5.74) is 2.63. The van der Waals surface area contributed by atoms with Gasteiger partial charge in [-0.05, 0) is 37.3 Å². The Morgan fingerprint density at radius 1 is 1.14 bits per heavy atom. The number of benzene rings is 1. The Morgan fingerprint density at radius 3 is 2.21 bits per heavy atom. The van der Waals surface area contributed by atoms with E-state index in [1.165, 1.54) is 30.4 Å². The highest BCUT2D eigenvalue weighted by Gasteiger charge is 1.98. The zero-order chi connectivity index (χ0) is 10.4. The maximum Gasteiger partial charge on any atom is 0.0552 e. The third kappa shape index (κ3) is 3.93. The van der Waals surface area contributed by atoms with Gasteiger partial charge in [-0.25, -0.2) is 0 Å². The number of rotatable bonds is 5. The van der Waals surface area contributed by atoms with Gasteiger partial charge in [-0.2, -0.15) is 0 Å². The Bertz CT molecular complexity index is 248. The molecular weight excluding hydrogens is 172 g/mol. The molecule has 1 nitrogen and oxygen atoms in total. The maximum absolute atomic E-state index is 9.22. The van der Waals surface area contributed by atoms with Crippen LogP contribution in [0.15, 0.2) is 24.3 Å². The van der Waals surface area contributed by atoms with E-state index in [4.69, 9.17) is 0 Å². The van der Waals surface area contributed by atoms with Gasteiger partial charge < -0.3 is 5.11 Å². The molecule has 0 aliphatic rings. The predicted octanol–water partition coefficient (Wildman–Crippen LogP) is 2.95. The van der Waals surface area contributed by atoms with Gasteiger partial charge in [0.25, 0.3) is 0 Å². The van der Waals surface area contributed by atoms with E-state index in [-0.39, 0.29) is 6.10 Å². The average Bonchev–Trinajstić information content (AvgIpc) is 2.16. The molecule has 1 heteroatoms. The molecule has 0 saturated heterocycles. The summed E-state index contributed by atoms with van der Waals surface area (Å²) in [6.07, 6.45) is 4.20. The van der Waals surface area contributed by atoms with Crippen LogP contribution in [0.4, 0.5) is 0 Å². The molecule has 0 unspecified atom stereocenters. The van der Waals surface area contributed by atoms with Crippen molar-refractivity contribution in [3.63, 3.8) is 0 Å². The molecule has 1 rings (SSSR count). The maximum atomic E-state index is 9.22. The smallest absolute Gasteiger partial charge is 0.0552 e. The van der Waals surface area contributed by atoms with Crippen LogP contribution in [0.25, 0.3) is 0 Å². The topological polar surface area (TPSA) is 20.2 Å². The van der Waals surface area contributed by atoms with Crippen LogP contribution in [0.2, 0.25) is 0 Å². The van der Waals surface area contributed by atoms with Gasteiger partial charge in [0.2, 0.25) is 0 Å². The molecule has 14 heavy (non-hydrogen) atoms. The van der Waals surface area contributed by atoms with Crippen molar-refractivity contribution < 1.29 is 5.11 Å². The van der Waals surface area contributed by atoms with Crippen molar-refractivity contribution in [2.24, 2.45) is 0 Å². The number of hydrogen-bond acceptors (Lipinski definition) is 1. The molecule has 1 aromatic rings. The molecular formula is C13H20O. The van der Waals surface area contributed by atoms with E-state index >= 15 is 0 Å². The molecule has 0 bridgehead atoms. The van der Waals surface area contributed by atoms with E-state index < -0.39 is 0 Å². The molecule has 0 aliphatic heterocycles. The Hall–Kier alpha value is -0.820. The van der Waals surface area contributed by atoms with Gasteiger partial charge in [-0.1, -0.05) is 37.6 Å². The number of aliphatic hydroxyl groups excluding tert-OH is 1. The fourth-order valence-corrected chi connectivity index (χ4v) is 1.56. The summed E-state index contributed by atoms with van der Waals surface area (Å²) >= 11 is 0. The van der Waals surface area contributed by atoms with Gasteiger partial charge in [-0.15, -0.1) is 0 Å². The van der Waals surface area contributed by atoms with Crippen LogP contribution in [0.3, 0.4) is 0 Å². The minimum Gasteiger partial charge on any atom is -0.393 e. The summed E-state index contributed by atoms with van der Waals surface area (Å²) in [5, 5.41) is 9.22. The molecule has 1 N–H and O–H groups in total. The third-order valence-corrected chi connectivity index (χ3v) is 2.37. The third-order valence-electron chi connectivity index (χ3n) is 2.37. The zero-order valence-electron chi connectivity index (χ0n) is 9.16. The van der Waals surface area contributed by atoms with Crippen LogP contribution in [-0.4, -0.2) is 11.2 Å². The molecule has 1 aromatic carbocycles. The number of aryl methyl sites for hydroxylation is 1. The second-order valence-corrected chi connectivity index (χ2v) is 3.97. The average molecular weight is 192 g/mol. The van der Waals surface area contributed by atoms with Gasteiger partial charge in [-0.3, -0.25) is 0 Å². The molecule has 0 heterocycles. The van der Waals surface area contributed by atoms with Crippen molar-refractivity contribution in [3.05, 3.63) is 35.4 Å². The highest BCUT2D eigenvalue weighted by Crippen LogP contribution is 2.09. The summed E-state index contributed by atoms with van der Waals surface area (Å²) in [6.45, 7) is 4.03. The minimum absolute atomic E-state index is 0.239. The predicted molar refractivity (Wildman–Crippen MR) is 60.4 cm³/mol. The summed E-state index contributed by atoms with van der Waals surface area (Å²) in [4.78, 5) is 0. The monoisotopic (exact) mass is 192 g/mol. The lowest BCUT2D eigenvalue weighted by atomic mass is 10.0. The minimum atomic E-state index is -0.239. The zero-order valence-corrected chi connectivity index (χ0v) is 9.16. The largest absolute Gasteiger partial charge is 0.393 e. The van der Waals surface area contributed by atoms with Gasteiger partial charge in [0.1, 0.15) is 0 Å². The first-order valence-electron chi connectivity index (χ1n) is 5.48. The van der Waals surface area contributed by atoms with E-state index in [0.717, 1.165) is 6.42 Å². The lowest BCUT2D eigenvalue weighted by Gasteiger charge is -2.05. The van der Waals surface area contributed by atoms with Crippen LogP contribution in [0.5, 0.6) is 0 Å². The molecule has 0 amide bonds. The molecule has 0 saturated carbocycles. The van der Waals surface area contributed by atoms with E-state index in [0.29, 0.717) is 0 Å². The SMILES string of the molecule is CCCCc1ccc(C[C@@H](C)O)cc1. The first-order chi connectivity index (χ1) is 6.72. The molecule has 0 aromatic heterocycles. The fourth-order valence-electron chi connectivity index (χ4n) is 1.56. The fraction of sp³-hybridized carbons (Fsp3) is 0.538. The molecule has 0 spiro atoms. The second kappa shape index (κ2) is 5.82. The highest BCUT2D eigenvalue weighted by atomic mass is 16.3. The second-order valence-electron chi connectivity index (χ2n) is 3.97. The first-order valence-corrected chi connectivity index (χ1v) is 5.48. The van der Waals surface area contributed by atoms with Gasteiger partial charge in [0, 0.05) is 0 Å². The van der Waals surface area contributed by atoms with Crippen molar-refractivity contribution in [3.8, 4) is 0 Å². The number of unbranched alkanes of at least 4 members (excludes halogenated alkanes) is 1. The summed E-state index contributed by atoms with van der Waals surface area (Å²) in [6, 6.07) is 8.59. The van der Waals surface area contributed by atoms with E-state index in [1.807, 2.05) is 6.92 Å². The van der Waals surface area contributed by atoms with Crippen LogP contribution >= 0.6 is 0 Å². The molecule has 0 fully saturated rings. The van der Waals surface area contributed by atoms with Crippen molar-refractivity contribution in [1.29, 1.82) is 0 Å². The van der Waals surface area contributed by atoms with Gasteiger partial charge in [0.05, 0.1) is 6.10 Å². The Labute approximate surface area is 86.8 Å². The normalized spacial score (nSPS) is 12.8. The lowest BCUT2D eigenvalue weighted by Crippen LogP contribution is -2.03. The van der Waals surface area contributed by atoms with Crippen molar-refractivity contribution in [1.82, 2.24) is 0 Å². The highest BCUT2D eigenvalue weighted by molar-refractivity contribution is 5.23. The first kappa shape index (κ1) is 11.3. The van der Waals surface area contributed by atoms with Gasteiger partial charge >= 0.3 is 0 Å². The Morgan fingerprint density at radius 2 is 1.71 bits per heavy atom. The standard InChI is InChI=1S/C13H20O/c1-3-4-5-12-6-8-13(9-7-12)10-11(2)14/h6-9,11,14H,3-5,10H2,1-2H3/t11-/m1/s1. The van der Waals surface area contributed by atoms with Gasteiger partial charge in [0.15, 0.2) is 0 Å². The van der Waals surface area contributed by atoms with Crippen molar-refractivity contribution >= 4 is 0 Å². The quantitative estimate of drug-likeness (QED) is 0.760. The van der Waals surface area contributed by atoms with Crippen LogP contribution in [0, 0.1) is 0 Å². The molecule has 0 aliphatic carbocycles. The summed E-state index contributed by atoms with van der Waals surface area (Å²) in [7, 11) is 0. The molecule has 78 valence electrons. The van der Waals surface area contributed by atoms with Crippen molar-refractivity contribution in [2.75, 3.05) is 0 Å². The molecule has 1 atom stereocenters. The number of hydrogen-bond donors (Lipinski definition) is 1. The summed E-state index contributed by atoms with van der Waals surface area (Å²) < 4.78 is 0. The van der Waals surface area contributed by atoms with Crippen molar-refractivity contribution in [2.45, 2.75) is 45.6 Å². The molecule has 0 radical (unpaired) electrons. The Balaban J connectivity index is 2.50. The number of aliphatic hydroxyl groups is 1. The van der Waals surface area contributed by atoms with E-state index in [9.17, 15) is 5.11 Å². The van der Waals surface area contributed by atoms with Crippen LogP contribution in [-0.2, 0) is 12.8 Å². The van der Waals surface area contributed by atoms with Crippen LogP contribution in [0.1, 0.15) is 37.8 Å². The summed E-state index contributed by atoms with van der Waals surface area (Å²) in [5.74, 6) is 0.